The molecule has 4 rings (SSSR count). The minimum absolute atomic E-state index is 0.00190. The fourth-order valence-electron chi connectivity index (χ4n) is 3.29. The number of allylic oxidation sites excluding steroid dienone is 5. The molecule has 2 aliphatic rings. The van der Waals surface area contributed by atoms with Gasteiger partial charge in [-0.05, 0) is 67.8 Å². The molecule has 2 aromatic rings. The number of aliphatic hydroxyl groups excluding tert-OH is 1. The van der Waals surface area contributed by atoms with Crippen LogP contribution in [0.2, 0.25) is 0 Å². The van der Waals surface area contributed by atoms with E-state index in [4.69, 9.17) is 23.7 Å². The van der Waals surface area contributed by atoms with Crippen molar-refractivity contribution in [1.29, 1.82) is 0 Å². The molecule has 2 aliphatic carbocycles. The maximum absolute atomic E-state index is 11.7. The van der Waals surface area contributed by atoms with Crippen LogP contribution in [0.1, 0.15) is 29.6 Å². The van der Waals surface area contributed by atoms with Crippen molar-refractivity contribution in [2.75, 3.05) is 14.2 Å². The summed E-state index contributed by atoms with van der Waals surface area (Å²) < 4.78 is 27.1. The largest absolute Gasteiger partial charge is 0.465 e. The molecule has 1 aromatic heterocycles. The monoisotopic (exact) mass is 479 g/mol. The molecular weight excluding hydrogens is 454 g/mol. The van der Waals surface area contributed by atoms with Gasteiger partial charge in [0.05, 0.1) is 12.7 Å². The van der Waals surface area contributed by atoms with Gasteiger partial charge in [-0.1, -0.05) is 12.2 Å². The summed E-state index contributed by atoms with van der Waals surface area (Å²) >= 11 is 0. The van der Waals surface area contributed by atoms with E-state index in [0.29, 0.717) is 29.3 Å². The SMILES string of the molecule is COC(=O)c1ccc(Oc2nc(OC3=CCCC=C3)nc(OC3=CCC(C(O)OC)C=C3)n2)cc1. The van der Waals surface area contributed by atoms with Crippen LogP contribution in [0.25, 0.3) is 0 Å². The molecule has 1 heterocycles. The van der Waals surface area contributed by atoms with Crippen molar-refractivity contribution in [2.45, 2.75) is 25.6 Å². The number of benzene rings is 1. The maximum Gasteiger partial charge on any atom is 0.337 e. The number of aliphatic hydroxyl groups is 1. The minimum atomic E-state index is -0.899. The van der Waals surface area contributed by atoms with E-state index >= 15 is 0 Å². The lowest BCUT2D eigenvalue weighted by molar-refractivity contribution is -0.0998. The van der Waals surface area contributed by atoms with Gasteiger partial charge in [-0.25, -0.2) is 4.79 Å². The number of nitrogens with zero attached hydrogens (tertiary/aromatic N) is 3. The molecule has 10 heteroatoms. The van der Waals surface area contributed by atoms with Gasteiger partial charge in [0.2, 0.25) is 0 Å². The molecule has 1 N–H and O–H groups in total. The Morgan fingerprint density at radius 2 is 1.57 bits per heavy atom. The Labute approximate surface area is 202 Å². The van der Waals surface area contributed by atoms with Gasteiger partial charge in [0.1, 0.15) is 17.3 Å². The first kappa shape index (κ1) is 24.1. The van der Waals surface area contributed by atoms with Crippen molar-refractivity contribution in [3.63, 3.8) is 0 Å². The normalized spacial score (nSPS) is 17.7. The number of ether oxygens (including phenoxy) is 5. The molecule has 0 saturated carbocycles. The van der Waals surface area contributed by atoms with Crippen molar-refractivity contribution < 1.29 is 33.6 Å². The van der Waals surface area contributed by atoms with E-state index in [9.17, 15) is 9.90 Å². The lowest BCUT2D eigenvalue weighted by atomic mass is 9.99. The zero-order valence-corrected chi connectivity index (χ0v) is 19.3. The second-order valence-corrected chi connectivity index (χ2v) is 7.58. The fraction of sp³-hybridized carbons (Fsp3) is 0.280. The maximum atomic E-state index is 11.7. The van der Waals surface area contributed by atoms with Crippen LogP contribution < -0.4 is 14.2 Å². The van der Waals surface area contributed by atoms with Crippen molar-refractivity contribution >= 4 is 5.97 Å². The third kappa shape index (κ3) is 6.52. The third-order valence-electron chi connectivity index (χ3n) is 5.14. The summed E-state index contributed by atoms with van der Waals surface area (Å²) in [7, 11) is 2.76. The summed E-state index contributed by atoms with van der Waals surface area (Å²) in [6, 6.07) is 6.24. The second kappa shape index (κ2) is 11.4. The molecule has 182 valence electrons. The number of rotatable bonds is 9. The standard InChI is InChI=1S/C25H25N3O7/c1-31-21(29)16-8-12-19(13-9-16)34-24-26-23(33-18-6-4-3-5-7-18)27-25(28-24)35-20-14-10-17(11-15-20)22(30)32-2/h4,6-10,12-15,17,22,30H,3,5,11H2,1-2H3. The van der Waals surface area contributed by atoms with E-state index in [1.54, 1.807) is 42.5 Å². The third-order valence-corrected chi connectivity index (χ3v) is 5.14. The predicted octanol–water partition coefficient (Wildman–Crippen LogP) is 3.87. The van der Waals surface area contributed by atoms with E-state index in [2.05, 4.69) is 15.0 Å². The summed E-state index contributed by atoms with van der Waals surface area (Å²) in [5.74, 6) is 0.861. The van der Waals surface area contributed by atoms with Crippen LogP contribution in [-0.2, 0) is 9.47 Å². The molecule has 0 spiro atoms. The van der Waals surface area contributed by atoms with Gasteiger partial charge >= 0.3 is 24.0 Å². The highest BCUT2D eigenvalue weighted by Gasteiger charge is 2.20. The Balaban J connectivity index is 1.54. The zero-order chi connectivity index (χ0) is 24.6. The minimum Gasteiger partial charge on any atom is -0.465 e. The molecule has 1 aromatic carbocycles. The van der Waals surface area contributed by atoms with Crippen molar-refractivity contribution in [3.8, 4) is 23.8 Å². The van der Waals surface area contributed by atoms with Gasteiger partial charge < -0.3 is 28.8 Å². The Kier molecular flexibility index (Phi) is 7.86. The predicted molar refractivity (Wildman–Crippen MR) is 124 cm³/mol. The van der Waals surface area contributed by atoms with Crippen LogP contribution >= 0.6 is 0 Å². The zero-order valence-electron chi connectivity index (χ0n) is 19.3. The van der Waals surface area contributed by atoms with Crippen molar-refractivity contribution in [2.24, 2.45) is 5.92 Å². The van der Waals surface area contributed by atoms with Crippen molar-refractivity contribution in [1.82, 2.24) is 15.0 Å². The summed E-state index contributed by atoms with van der Waals surface area (Å²) in [6.45, 7) is 0. The quantitative estimate of drug-likeness (QED) is 0.419. The van der Waals surface area contributed by atoms with Gasteiger partial charge in [0, 0.05) is 13.0 Å². The summed E-state index contributed by atoms with van der Waals surface area (Å²) in [5.41, 5.74) is 0.382. The first-order valence-electron chi connectivity index (χ1n) is 11.0. The first-order valence-corrected chi connectivity index (χ1v) is 11.0. The highest BCUT2D eigenvalue weighted by Crippen LogP contribution is 2.26. The molecule has 0 saturated heterocycles. The molecule has 2 unspecified atom stereocenters. The lowest BCUT2D eigenvalue weighted by Gasteiger charge is -2.20. The van der Waals surface area contributed by atoms with Crippen molar-refractivity contribution in [3.05, 3.63) is 77.8 Å². The number of aromatic nitrogens is 3. The number of carbonyl (C=O) groups is 1. The molecule has 10 nitrogen and oxygen atoms in total. The highest BCUT2D eigenvalue weighted by atomic mass is 16.6. The molecular formula is C25H25N3O7. The number of esters is 1. The van der Waals surface area contributed by atoms with Crippen LogP contribution in [0.15, 0.2) is 72.2 Å². The number of hydrogen-bond acceptors (Lipinski definition) is 10. The highest BCUT2D eigenvalue weighted by molar-refractivity contribution is 5.89. The Morgan fingerprint density at radius 3 is 2.11 bits per heavy atom. The summed E-state index contributed by atoms with van der Waals surface area (Å²) in [4.78, 5) is 24.4. The average Bonchev–Trinajstić information content (AvgIpc) is 2.89. The number of carbonyl (C=O) groups excluding carboxylic acids is 1. The molecule has 0 fully saturated rings. The molecule has 0 aliphatic heterocycles. The van der Waals surface area contributed by atoms with E-state index in [1.807, 2.05) is 18.2 Å². The van der Waals surface area contributed by atoms with Crippen LogP contribution in [0.4, 0.5) is 0 Å². The van der Waals surface area contributed by atoms with Crippen LogP contribution in [-0.4, -0.2) is 46.5 Å². The van der Waals surface area contributed by atoms with E-state index in [0.717, 1.165) is 12.8 Å². The van der Waals surface area contributed by atoms with Gasteiger partial charge in [0.25, 0.3) is 0 Å². The second-order valence-electron chi connectivity index (χ2n) is 7.58. The van der Waals surface area contributed by atoms with Crippen LogP contribution in [0.3, 0.4) is 0 Å². The Morgan fingerprint density at radius 1 is 0.914 bits per heavy atom. The average molecular weight is 479 g/mol. The summed E-state index contributed by atoms with van der Waals surface area (Å²) in [6.07, 6.45) is 12.5. The molecule has 35 heavy (non-hydrogen) atoms. The molecule has 0 bridgehead atoms. The topological polar surface area (TPSA) is 122 Å². The first-order chi connectivity index (χ1) is 17.0. The van der Waals surface area contributed by atoms with Crippen LogP contribution in [0, 0.1) is 5.92 Å². The summed E-state index contributed by atoms with van der Waals surface area (Å²) in [5, 5.41) is 9.84. The molecule has 0 amide bonds. The smallest absolute Gasteiger partial charge is 0.337 e. The lowest BCUT2D eigenvalue weighted by Crippen LogP contribution is -2.21. The molecule has 2 atom stereocenters. The van der Waals surface area contributed by atoms with Crippen LogP contribution in [0.5, 0.6) is 23.8 Å². The van der Waals surface area contributed by atoms with E-state index in [1.165, 1.54) is 14.2 Å². The van der Waals surface area contributed by atoms with Gasteiger partial charge in [-0.2, -0.15) is 0 Å². The Bertz CT molecular complexity index is 1170. The van der Waals surface area contributed by atoms with E-state index < -0.39 is 12.3 Å². The fourth-order valence-corrected chi connectivity index (χ4v) is 3.29. The van der Waals surface area contributed by atoms with Gasteiger partial charge in [0.15, 0.2) is 6.29 Å². The number of methoxy groups -OCH3 is 2. The van der Waals surface area contributed by atoms with E-state index in [-0.39, 0.29) is 23.9 Å². The molecule has 0 radical (unpaired) electrons. The van der Waals surface area contributed by atoms with Gasteiger partial charge in [-0.15, -0.1) is 15.0 Å². The van der Waals surface area contributed by atoms with Gasteiger partial charge in [-0.3, -0.25) is 0 Å². The number of hydrogen-bond donors (Lipinski definition) is 1. The Hall–Kier alpha value is -4.02.